The summed E-state index contributed by atoms with van der Waals surface area (Å²) < 4.78 is 17.0. The second kappa shape index (κ2) is 6.11. The highest BCUT2D eigenvalue weighted by atomic mass is 16.5. The lowest BCUT2D eigenvalue weighted by Gasteiger charge is -2.19. The third kappa shape index (κ3) is 2.45. The number of phenols is 1. The number of ether oxygens (including phenoxy) is 2. The molecule has 0 unspecified atom stereocenters. The fourth-order valence-electron chi connectivity index (χ4n) is 3.23. The van der Waals surface area contributed by atoms with E-state index in [2.05, 4.69) is 0 Å². The van der Waals surface area contributed by atoms with Gasteiger partial charge in [0.1, 0.15) is 28.6 Å². The Hall–Kier alpha value is -3.47. The molecule has 0 aromatic heterocycles. The van der Waals surface area contributed by atoms with Crippen LogP contribution in [-0.4, -0.2) is 19.3 Å². The smallest absolute Gasteiger partial charge is 0.182 e. The molecule has 0 spiro atoms. The molecule has 2 aromatic rings. The maximum absolute atomic E-state index is 11.8. The Morgan fingerprint density at radius 3 is 2.31 bits per heavy atom. The van der Waals surface area contributed by atoms with Crippen LogP contribution < -0.4 is 14.9 Å². The monoisotopic (exact) mass is 348 g/mol. The lowest BCUT2D eigenvalue weighted by Crippen LogP contribution is -2.01. The molecule has 2 aromatic carbocycles. The average molecular weight is 348 g/mol. The number of aromatic hydroxyl groups is 1. The van der Waals surface area contributed by atoms with Gasteiger partial charge in [-0.2, -0.15) is 0 Å². The topological polar surface area (TPSA) is 68.9 Å². The van der Waals surface area contributed by atoms with E-state index in [1.54, 1.807) is 32.4 Å². The van der Waals surface area contributed by atoms with Crippen molar-refractivity contribution in [2.24, 2.45) is 0 Å². The van der Waals surface area contributed by atoms with Gasteiger partial charge >= 0.3 is 0 Å². The quantitative estimate of drug-likeness (QED) is 0.560. The number of hydrogen-bond acceptors (Lipinski definition) is 5. The van der Waals surface area contributed by atoms with E-state index in [4.69, 9.17) is 13.9 Å². The van der Waals surface area contributed by atoms with Crippen molar-refractivity contribution in [2.75, 3.05) is 14.2 Å². The highest BCUT2D eigenvalue weighted by Gasteiger charge is 2.23. The van der Waals surface area contributed by atoms with Crippen LogP contribution in [0.25, 0.3) is 33.4 Å². The second-order valence-corrected chi connectivity index (χ2v) is 5.85. The van der Waals surface area contributed by atoms with Crippen molar-refractivity contribution in [1.29, 1.82) is 0 Å². The van der Waals surface area contributed by atoms with Crippen LogP contribution in [-0.2, 0) is 0 Å². The minimum atomic E-state index is -0.154. The van der Waals surface area contributed by atoms with Crippen molar-refractivity contribution in [3.63, 3.8) is 0 Å². The first-order valence-electron chi connectivity index (χ1n) is 8.03. The lowest BCUT2D eigenvalue weighted by molar-refractivity contribution is 0.397. The van der Waals surface area contributed by atoms with Gasteiger partial charge in [-0.1, -0.05) is 6.07 Å². The van der Waals surface area contributed by atoms with Crippen molar-refractivity contribution < 1.29 is 19.0 Å². The molecule has 5 nitrogen and oxygen atoms in total. The zero-order valence-electron chi connectivity index (χ0n) is 14.3. The molecule has 0 fully saturated rings. The number of methoxy groups -OCH3 is 2. The van der Waals surface area contributed by atoms with Gasteiger partial charge in [0.2, 0.25) is 0 Å². The van der Waals surface area contributed by atoms with E-state index in [0.717, 1.165) is 22.1 Å². The zero-order chi connectivity index (χ0) is 18.3. The average Bonchev–Trinajstić information content (AvgIpc) is 2.65. The Balaban J connectivity index is 2.23. The molecular weight excluding hydrogens is 332 g/mol. The number of fused-ring (bicyclic) bond motifs is 2. The van der Waals surface area contributed by atoms with Gasteiger partial charge in [0.05, 0.1) is 19.8 Å². The molecule has 1 aliphatic carbocycles. The largest absolute Gasteiger partial charge is 0.508 e. The predicted molar refractivity (Wildman–Crippen MR) is 99.3 cm³/mol. The summed E-state index contributed by atoms with van der Waals surface area (Å²) in [5, 5.41) is 10.6. The van der Waals surface area contributed by atoms with Gasteiger partial charge in [-0.25, -0.2) is 0 Å². The SMILES string of the molecule is COc1cccc(OC)c1-c1c2ccc(=O)cc-2oc2cc(O)ccc12. The Labute approximate surface area is 149 Å². The standard InChI is InChI=1S/C21H16O5/c1-24-16-4-3-5-17(25-2)21(16)20-14-8-6-12(22)10-18(14)26-19-11-13(23)7-9-15(19)20/h3-11,22H,1-2H3. The fraction of sp³-hybridized carbons (Fsp3) is 0.0952. The highest BCUT2D eigenvalue weighted by molar-refractivity contribution is 6.04. The van der Waals surface area contributed by atoms with E-state index >= 15 is 0 Å². The molecule has 0 amide bonds. The summed E-state index contributed by atoms with van der Waals surface area (Å²) in [5.74, 6) is 1.78. The molecule has 1 N–H and O–H groups in total. The lowest BCUT2D eigenvalue weighted by atomic mass is 9.92. The molecule has 1 heterocycles. The molecule has 1 aliphatic heterocycles. The summed E-state index contributed by atoms with van der Waals surface area (Å²) in [5.41, 5.74) is 2.64. The summed E-state index contributed by atoms with van der Waals surface area (Å²) in [4.78, 5) is 11.8. The Morgan fingerprint density at radius 1 is 0.885 bits per heavy atom. The van der Waals surface area contributed by atoms with E-state index < -0.39 is 0 Å². The second-order valence-electron chi connectivity index (χ2n) is 5.85. The molecule has 130 valence electrons. The van der Waals surface area contributed by atoms with Crippen LogP contribution in [0.2, 0.25) is 0 Å². The first-order chi connectivity index (χ1) is 12.6. The summed E-state index contributed by atoms with van der Waals surface area (Å²) in [6.07, 6.45) is 0. The number of benzene rings is 3. The number of rotatable bonds is 3. The first kappa shape index (κ1) is 16.0. The normalized spacial score (nSPS) is 11.0. The van der Waals surface area contributed by atoms with E-state index in [-0.39, 0.29) is 11.2 Å². The van der Waals surface area contributed by atoms with Crippen LogP contribution in [0.15, 0.2) is 63.8 Å². The minimum absolute atomic E-state index is 0.0804. The Bertz CT molecular complexity index is 1120. The van der Waals surface area contributed by atoms with Crippen LogP contribution in [0, 0.1) is 0 Å². The predicted octanol–water partition coefficient (Wildman–Crippen LogP) is 4.29. The zero-order valence-corrected chi connectivity index (χ0v) is 14.3. The van der Waals surface area contributed by atoms with E-state index in [9.17, 15) is 9.90 Å². The van der Waals surface area contributed by atoms with Gasteiger partial charge < -0.3 is 19.0 Å². The summed E-state index contributed by atoms with van der Waals surface area (Å²) in [6, 6.07) is 15.1. The Morgan fingerprint density at radius 2 is 1.62 bits per heavy atom. The van der Waals surface area contributed by atoms with Crippen molar-refractivity contribution in [3.05, 3.63) is 64.8 Å². The third-order valence-corrected chi connectivity index (χ3v) is 4.35. The van der Waals surface area contributed by atoms with Crippen LogP contribution in [0.5, 0.6) is 17.2 Å². The highest BCUT2D eigenvalue weighted by Crippen LogP contribution is 2.47. The molecule has 0 atom stereocenters. The van der Waals surface area contributed by atoms with Gasteiger partial charge in [0.15, 0.2) is 5.43 Å². The van der Waals surface area contributed by atoms with Gasteiger partial charge in [-0.05, 0) is 36.4 Å². The molecular formula is C21H16O5. The Kier molecular flexibility index (Phi) is 3.77. The minimum Gasteiger partial charge on any atom is -0.508 e. The van der Waals surface area contributed by atoms with Crippen LogP contribution in [0.4, 0.5) is 0 Å². The van der Waals surface area contributed by atoms with Crippen molar-refractivity contribution in [1.82, 2.24) is 0 Å². The van der Waals surface area contributed by atoms with E-state index in [1.165, 1.54) is 18.2 Å². The molecule has 5 heteroatoms. The molecule has 4 rings (SSSR count). The van der Waals surface area contributed by atoms with E-state index in [0.29, 0.717) is 22.8 Å². The molecule has 0 saturated carbocycles. The van der Waals surface area contributed by atoms with Crippen LogP contribution >= 0.6 is 0 Å². The molecule has 26 heavy (non-hydrogen) atoms. The van der Waals surface area contributed by atoms with Crippen molar-refractivity contribution >= 4 is 11.0 Å². The first-order valence-corrected chi connectivity index (χ1v) is 8.03. The molecule has 0 saturated heterocycles. The fourth-order valence-corrected chi connectivity index (χ4v) is 3.23. The third-order valence-electron chi connectivity index (χ3n) is 4.35. The van der Waals surface area contributed by atoms with Gasteiger partial charge in [-0.3, -0.25) is 4.79 Å². The van der Waals surface area contributed by atoms with E-state index in [1.807, 2.05) is 18.2 Å². The van der Waals surface area contributed by atoms with Gasteiger partial charge in [0, 0.05) is 28.6 Å². The van der Waals surface area contributed by atoms with Gasteiger partial charge in [-0.15, -0.1) is 0 Å². The summed E-state index contributed by atoms with van der Waals surface area (Å²) >= 11 is 0. The summed E-state index contributed by atoms with van der Waals surface area (Å²) in [6.45, 7) is 0. The number of phenolic OH excluding ortho intramolecular Hbond substituents is 1. The maximum Gasteiger partial charge on any atom is 0.182 e. The maximum atomic E-state index is 11.8. The van der Waals surface area contributed by atoms with Crippen molar-refractivity contribution in [3.8, 4) is 39.7 Å². The molecule has 0 bridgehead atoms. The molecule has 0 radical (unpaired) electrons. The van der Waals surface area contributed by atoms with Crippen molar-refractivity contribution in [2.45, 2.75) is 0 Å². The van der Waals surface area contributed by atoms with Gasteiger partial charge in [0.25, 0.3) is 0 Å². The summed E-state index contributed by atoms with van der Waals surface area (Å²) in [7, 11) is 3.19. The molecule has 2 aliphatic rings. The number of hydrogen-bond donors (Lipinski definition) is 1. The van der Waals surface area contributed by atoms with Crippen LogP contribution in [0.1, 0.15) is 0 Å². The van der Waals surface area contributed by atoms with Crippen LogP contribution in [0.3, 0.4) is 0 Å².